The summed E-state index contributed by atoms with van der Waals surface area (Å²) in [5.41, 5.74) is 1.98. The van der Waals surface area contributed by atoms with E-state index in [0.717, 1.165) is 5.56 Å². The molecule has 0 radical (unpaired) electrons. The van der Waals surface area contributed by atoms with E-state index in [4.69, 9.17) is 9.47 Å². The third kappa shape index (κ3) is 5.07. The average Bonchev–Trinajstić information content (AvgIpc) is 2.69. The Morgan fingerprint density at radius 2 is 1.67 bits per heavy atom. The Hall–Kier alpha value is -3.34. The minimum Gasteiger partial charge on any atom is -0.490 e. The number of ether oxygens (including phenoxy) is 2. The van der Waals surface area contributed by atoms with E-state index in [-0.39, 0.29) is 11.7 Å². The number of nitrogens with one attached hydrogen (secondary N) is 1. The molecule has 3 aromatic rings. The minimum absolute atomic E-state index is 0.308. The van der Waals surface area contributed by atoms with Gasteiger partial charge in [-0.25, -0.2) is 4.39 Å². The quantitative estimate of drug-likeness (QED) is 0.637. The molecule has 0 aliphatic carbocycles. The molecule has 0 heterocycles. The standard InChI is InChI=1S/C22H20FNO3/c1-2-26-21-14-17(22(25)24-19-11-9-18(23)10-12-19)8-13-20(21)27-15-16-6-4-3-5-7-16/h3-14H,2,15H2,1H3,(H,24,25). The highest BCUT2D eigenvalue weighted by molar-refractivity contribution is 6.04. The molecular formula is C22H20FNO3. The molecule has 3 rings (SSSR count). The normalized spacial score (nSPS) is 10.3. The fraction of sp³-hybridized carbons (Fsp3) is 0.136. The molecule has 0 aliphatic rings. The maximum Gasteiger partial charge on any atom is 0.255 e. The third-order valence-electron chi connectivity index (χ3n) is 3.84. The van der Waals surface area contributed by atoms with Crippen molar-refractivity contribution in [3.05, 3.63) is 89.7 Å². The van der Waals surface area contributed by atoms with Gasteiger partial charge in [-0.2, -0.15) is 0 Å². The molecule has 3 aromatic carbocycles. The van der Waals surface area contributed by atoms with Crippen LogP contribution in [0.15, 0.2) is 72.8 Å². The van der Waals surface area contributed by atoms with Gasteiger partial charge in [0.2, 0.25) is 0 Å². The minimum atomic E-state index is -0.355. The molecule has 138 valence electrons. The largest absolute Gasteiger partial charge is 0.490 e. The number of hydrogen-bond acceptors (Lipinski definition) is 3. The van der Waals surface area contributed by atoms with E-state index in [2.05, 4.69) is 5.32 Å². The van der Waals surface area contributed by atoms with Crippen LogP contribution in [0.5, 0.6) is 11.5 Å². The fourth-order valence-corrected chi connectivity index (χ4v) is 2.51. The predicted molar refractivity (Wildman–Crippen MR) is 103 cm³/mol. The zero-order valence-corrected chi connectivity index (χ0v) is 14.9. The fourth-order valence-electron chi connectivity index (χ4n) is 2.51. The molecule has 0 unspecified atom stereocenters. The van der Waals surface area contributed by atoms with Crippen molar-refractivity contribution in [3.8, 4) is 11.5 Å². The van der Waals surface area contributed by atoms with Crippen LogP contribution in [0.4, 0.5) is 10.1 Å². The Morgan fingerprint density at radius 3 is 2.37 bits per heavy atom. The number of anilines is 1. The summed E-state index contributed by atoms with van der Waals surface area (Å²) in [5, 5.41) is 2.73. The molecule has 1 N–H and O–H groups in total. The summed E-state index contributed by atoms with van der Waals surface area (Å²) < 4.78 is 24.5. The lowest BCUT2D eigenvalue weighted by molar-refractivity contribution is 0.102. The van der Waals surface area contributed by atoms with E-state index in [1.54, 1.807) is 18.2 Å². The number of carbonyl (C=O) groups is 1. The first-order valence-electron chi connectivity index (χ1n) is 8.66. The van der Waals surface area contributed by atoms with E-state index in [1.165, 1.54) is 24.3 Å². The highest BCUT2D eigenvalue weighted by Gasteiger charge is 2.12. The van der Waals surface area contributed by atoms with Crippen LogP contribution in [0, 0.1) is 5.82 Å². The van der Waals surface area contributed by atoms with Gasteiger partial charge in [-0.3, -0.25) is 4.79 Å². The van der Waals surface area contributed by atoms with Crippen LogP contribution in [-0.2, 0) is 6.61 Å². The van der Waals surface area contributed by atoms with E-state index in [9.17, 15) is 9.18 Å². The zero-order valence-electron chi connectivity index (χ0n) is 14.9. The molecule has 0 bridgehead atoms. The lowest BCUT2D eigenvalue weighted by atomic mass is 10.1. The molecule has 0 fully saturated rings. The van der Waals surface area contributed by atoms with Gasteiger partial charge in [0, 0.05) is 11.3 Å². The van der Waals surface area contributed by atoms with E-state index in [0.29, 0.717) is 36.0 Å². The molecule has 0 saturated heterocycles. The third-order valence-corrected chi connectivity index (χ3v) is 3.84. The molecule has 0 atom stereocenters. The molecular weight excluding hydrogens is 345 g/mol. The molecule has 0 aromatic heterocycles. The number of hydrogen-bond donors (Lipinski definition) is 1. The summed E-state index contributed by atoms with van der Waals surface area (Å²) in [7, 11) is 0. The first-order valence-corrected chi connectivity index (χ1v) is 8.66. The second kappa shape index (κ2) is 8.85. The van der Waals surface area contributed by atoms with Crippen molar-refractivity contribution >= 4 is 11.6 Å². The van der Waals surface area contributed by atoms with E-state index >= 15 is 0 Å². The van der Waals surface area contributed by atoms with Crippen LogP contribution in [0.3, 0.4) is 0 Å². The molecule has 0 aliphatic heterocycles. The van der Waals surface area contributed by atoms with Crippen molar-refractivity contribution in [1.82, 2.24) is 0 Å². The van der Waals surface area contributed by atoms with Crippen molar-refractivity contribution in [2.45, 2.75) is 13.5 Å². The second-order valence-corrected chi connectivity index (χ2v) is 5.83. The van der Waals surface area contributed by atoms with Crippen LogP contribution in [-0.4, -0.2) is 12.5 Å². The summed E-state index contributed by atoms with van der Waals surface area (Å²) in [5.74, 6) is 0.406. The summed E-state index contributed by atoms with van der Waals surface area (Å²) in [4.78, 5) is 12.4. The molecule has 0 spiro atoms. The first kappa shape index (κ1) is 18.5. The van der Waals surface area contributed by atoms with Gasteiger partial charge in [0.25, 0.3) is 5.91 Å². The van der Waals surface area contributed by atoms with Crippen LogP contribution in [0.2, 0.25) is 0 Å². The lowest BCUT2D eigenvalue weighted by Gasteiger charge is -2.13. The van der Waals surface area contributed by atoms with Crippen molar-refractivity contribution in [3.63, 3.8) is 0 Å². The summed E-state index contributed by atoms with van der Waals surface area (Å²) in [6, 6.07) is 20.4. The van der Waals surface area contributed by atoms with Crippen molar-refractivity contribution in [2.24, 2.45) is 0 Å². The second-order valence-electron chi connectivity index (χ2n) is 5.83. The van der Waals surface area contributed by atoms with Crippen LogP contribution < -0.4 is 14.8 Å². The van der Waals surface area contributed by atoms with Gasteiger partial charge in [0.05, 0.1) is 6.61 Å². The maximum absolute atomic E-state index is 13.0. The highest BCUT2D eigenvalue weighted by Crippen LogP contribution is 2.29. The molecule has 0 saturated carbocycles. The highest BCUT2D eigenvalue weighted by atomic mass is 19.1. The first-order chi connectivity index (χ1) is 13.2. The average molecular weight is 365 g/mol. The van der Waals surface area contributed by atoms with Crippen molar-refractivity contribution in [1.29, 1.82) is 0 Å². The summed E-state index contributed by atoms with van der Waals surface area (Å²) in [6.45, 7) is 2.72. The van der Waals surface area contributed by atoms with Gasteiger partial charge in [-0.15, -0.1) is 0 Å². The number of amides is 1. The molecule has 5 heteroatoms. The van der Waals surface area contributed by atoms with Gasteiger partial charge in [0.15, 0.2) is 11.5 Å². The number of benzene rings is 3. The van der Waals surface area contributed by atoms with Crippen molar-refractivity contribution in [2.75, 3.05) is 11.9 Å². The van der Waals surface area contributed by atoms with Gasteiger partial charge < -0.3 is 14.8 Å². The Kier molecular flexibility index (Phi) is 6.05. The van der Waals surface area contributed by atoms with Crippen LogP contribution >= 0.6 is 0 Å². The van der Waals surface area contributed by atoms with E-state index in [1.807, 2.05) is 37.3 Å². The topological polar surface area (TPSA) is 47.6 Å². The van der Waals surface area contributed by atoms with Gasteiger partial charge in [0.1, 0.15) is 12.4 Å². The molecule has 4 nitrogen and oxygen atoms in total. The van der Waals surface area contributed by atoms with Crippen LogP contribution in [0.25, 0.3) is 0 Å². The van der Waals surface area contributed by atoms with E-state index < -0.39 is 0 Å². The summed E-state index contributed by atoms with van der Waals surface area (Å²) in [6.07, 6.45) is 0. The Morgan fingerprint density at radius 1 is 0.926 bits per heavy atom. The van der Waals surface area contributed by atoms with Gasteiger partial charge in [-0.05, 0) is 55.0 Å². The Bertz CT molecular complexity index is 895. The molecule has 1 amide bonds. The number of carbonyl (C=O) groups excluding carboxylic acids is 1. The Balaban J connectivity index is 1.73. The monoisotopic (exact) mass is 365 g/mol. The Labute approximate surface area is 157 Å². The van der Waals surface area contributed by atoms with Gasteiger partial charge in [-0.1, -0.05) is 30.3 Å². The maximum atomic E-state index is 13.0. The van der Waals surface area contributed by atoms with Gasteiger partial charge >= 0.3 is 0 Å². The van der Waals surface area contributed by atoms with Crippen molar-refractivity contribution < 1.29 is 18.7 Å². The summed E-state index contributed by atoms with van der Waals surface area (Å²) >= 11 is 0. The zero-order chi connectivity index (χ0) is 19.1. The predicted octanol–water partition coefficient (Wildman–Crippen LogP) is 5.06. The number of rotatable bonds is 7. The lowest BCUT2D eigenvalue weighted by Crippen LogP contribution is -2.12. The number of halogens is 1. The molecule has 27 heavy (non-hydrogen) atoms. The SMILES string of the molecule is CCOc1cc(C(=O)Nc2ccc(F)cc2)ccc1OCc1ccccc1. The smallest absolute Gasteiger partial charge is 0.255 e. The van der Waals surface area contributed by atoms with Crippen LogP contribution in [0.1, 0.15) is 22.8 Å².